The third kappa shape index (κ3) is 7.67. The number of nitrogens with zero attached hydrogens (tertiary/aromatic N) is 1. The number of benzene rings is 3. The van der Waals surface area contributed by atoms with Gasteiger partial charge in [-0.3, -0.25) is 19.3 Å². The molecule has 0 radical (unpaired) electrons. The number of carbonyl (C=O) groups excluding carboxylic acids is 3. The molecule has 3 amide bonds. The summed E-state index contributed by atoms with van der Waals surface area (Å²) in [4.78, 5) is 39.5. The zero-order chi connectivity index (χ0) is 30.2. The van der Waals surface area contributed by atoms with Crippen LogP contribution in [0.25, 0.3) is 6.08 Å². The average Bonchev–Trinajstić information content (AvgIpc) is 3.21. The number of methoxy groups -OCH3 is 1. The molecular formula is C31H28Cl2N2O6S. The lowest BCUT2D eigenvalue weighted by molar-refractivity contribution is -0.127. The molecule has 0 aromatic heterocycles. The van der Waals surface area contributed by atoms with Crippen molar-refractivity contribution in [2.45, 2.75) is 20.0 Å². The lowest BCUT2D eigenvalue weighted by Crippen LogP contribution is -2.36. The minimum absolute atomic E-state index is 0.183. The second-order valence-corrected chi connectivity index (χ2v) is 10.9. The minimum atomic E-state index is -0.570. The predicted octanol–water partition coefficient (Wildman–Crippen LogP) is 7.38. The van der Waals surface area contributed by atoms with E-state index < -0.39 is 23.6 Å². The first-order chi connectivity index (χ1) is 20.2. The average molecular weight is 628 g/mol. The summed E-state index contributed by atoms with van der Waals surface area (Å²) < 4.78 is 17.2. The van der Waals surface area contributed by atoms with E-state index in [1.165, 1.54) is 13.2 Å². The molecule has 3 aromatic carbocycles. The Hall–Kier alpha value is -3.92. The SMILES string of the molecule is C=CCc1cc(/C=C2\SC(=O)N(CC(=O)Nc3ccc(OC)c(Cl)c3)C2=O)cc(OCC)c1OCc1ccc(Cl)cc1. The number of nitrogens with one attached hydrogen (secondary N) is 1. The molecule has 1 aliphatic heterocycles. The van der Waals surface area contributed by atoms with Gasteiger partial charge in [-0.15, -0.1) is 6.58 Å². The molecule has 0 saturated carbocycles. The highest BCUT2D eigenvalue weighted by Crippen LogP contribution is 2.38. The number of halogens is 2. The molecule has 11 heteroatoms. The number of anilines is 1. The van der Waals surface area contributed by atoms with Crippen LogP contribution in [0.5, 0.6) is 17.2 Å². The van der Waals surface area contributed by atoms with Crippen molar-refractivity contribution in [2.75, 3.05) is 25.6 Å². The lowest BCUT2D eigenvalue weighted by Gasteiger charge is -2.17. The summed E-state index contributed by atoms with van der Waals surface area (Å²) >= 11 is 12.9. The zero-order valence-electron chi connectivity index (χ0n) is 22.9. The van der Waals surface area contributed by atoms with Crippen molar-refractivity contribution in [3.8, 4) is 17.2 Å². The fourth-order valence-corrected chi connectivity index (χ4v) is 5.33. The Bertz CT molecular complexity index is 1540. The highest BCUT2D eigenvalue weighted by atomic mass is 35.5. The van der Waals surface area contributed by atoms with E-state index in [1.54, 1.807) is 42.5 Å². The predicted molar refractivity (Wildman–Crippen MR) is 167 cm³/mol. The van der Waals surface area contributed by atoms with E-state index in [1.807, 2.05) is 25.1 Å². The van der Waals surface area contributed by atoms with E-state index in [9.17, 15) is 14.4 Å². The van der Waals surface area contributed by atoms with E-state index >= 15 is 0 Å². The smallest absolute Gasteiger partial charge is 0.294 e. The first-order valence-electron chi connectivity index (χ1n) is 12.9. The summed E-state index contributed by atoms with van der Waals surface area (Å²) in [6.45, 7) is 5.94. The van der Waals surface area contributed by atoms with Crippen LogP contribution in [0, 0.1) is 0 Å². The zero-order valence-corrected chi connectivity index (χ0v) is 25.3. The van der Waals surface area contributed by atoms with Gasteiger partial charge in [0, 0.05) is 16.3 Å². The van der Waals surface area contributed by atoms with Crippen LogP contribution in [-0.2, 0) is 22.6 Å². The van der Waals surface area contributed by atoms with Crippen molar-refractivity contribution in [3.05, 3.63) is 98.9 Å². The van der Waals surface area contributed by atoms with Gasteiger partial charge in [0.15, 0.2) is 11.5 Å². The number of allylic oxidation sites excluding steroid dienone is 1. The van der Waals surface area contributed by atoms with Gasteiger partial charge >= 0.3 is 0 Å². The Morgan fingerprint density at radius 1 is 1.05 bits per heavy atom. The van der Waals surface area contributed by atoms with Gasteiger partial charge in [-0.1, -0.05) is 41.4 Å². The number of imide groups is 1. The first kappa shape index (κ1) is 31.0. The van der Waals surface area contributed by atoms with Gasteiger partial charge < -0.3 is 19.5 Å². The van der Waals surface area contributed by atoms with Gasteiger partial charge in [0.2, 0.25) is 5.91 Å². The fourth-order valence-electron chi connectivity index (χ4n) is 4.11. The van der Waals surface area contributed by atoms with Gasteiger partial charge in [-0.25, -0.2) is 0 Å². The summed E-state index contributed by atoms with van der Waals surface area (Å²) in [6.07, 6.45) is 3.82. The molecule has 0 aliphatic carbocycles. The van der Waals surface area contributed by atoms with Gasteiger partial charge in [0.05, 0.1) is 23.6 Å². The highest BCUT2D eigenvalue weighted by molar-refractivity contribution is 8.18. The molecule has 218 valence electrons. The normalized spacial score (nSPS) is 13.8. The standard InChI is InChI=1S/C31H28Cl2N2O6S/c1-4-6-21-13-20(14-26(40-5-2)29(21)41-18-19-7-9-22(32)10-8-19)15-27-30(37)35(31(38)42-27)17-28(36)34-23-11-12-25(39-3)24(33)16-23/h4,7-16H,1,5-6,17-18H2,2-3H3,(H,34,36)/b27-15-. The van der Waals surface area contributed by atoms with Crippen LogP contribution in [-0.4, -0.2) is 42.2 Å². The Labute approximate surface area is 258 Å². The maximum absolute atomic E-state index is 13.1. The summed E-state index contributed by atoms with van der Waals surface area (Å²) in [7, 11) is 1.48. The van der Waals surface area contributed by atoms with Crippen LogP contribution in [0.4, 0.5) is 10.5 Å². The molecule has 1 saturated heterocycles. The van der Waals surface area contributed by atoms with Crippen LogP contribution in [0.15, 0.2) is 72.2 Å². The number of amides is 3. The second kappa shape index (κ2) is 14.3. The van der Waals surface area contributed by atoms with Gasteiger partial charge in [-0.05, 0) is 84.8 Å². The number of hydrogen-bond donors (Lipinski definition) is 1. The van der Waals surface area contributed by atoms with Crippen molar-refractivity contribution in [1.29, 1.82) is 0 Å². The topological polar surface area (TPSA) is 94.2 Å². The Morgan fingerprint density at radius 2 is 1.81 bits per heavy atom. The maximum Gasteiger partial charge on any atom is 0.294 e. The Kier molecular flexibility index (Phi) is 10.6. The molecule has 8 nitrogen and oxygen atoms in total. The number of carbonyl (C=O) groups is 3. The molecular weight excluding hydrogens is 599 g/mol. The number of ether oxygens (including phenoxy) is 3. The lowest BCUT2D eigenvalue weighted by atomic mass is 10.0. The molecule has 42 heavy (non-hydrogen) atoms. The summed E-state index contributed by atoms with van der Waals surface area (Å²) in [5, 5.41) is 3.04. The molecule has 1 heterocycles. The van der Waals surface area contributed by atoms with E-state index in [0.29, 0.717) is 58.2 Å². The quantitative estimate of drug-likeness (QED) is 0.165. The minimum Gasteiger partial charge on any atom is -0.495 e. The van der Waals surface area contributed by atoms with Crippen molar-refractivity contribution in [3.63, 3.8) is 0 Å². The van der Waals surface area contributed by atoms with Crippen LogP contribution in [0.3, 0.4) is 0 Å². The number of rotatable bonds is 12. The van der Waals surface area contributed by atoms with E-state index in [4.69, 9.17) is 37.4 Å². The maximum atomic E-state index is 13.1. The van der Waals surface area contributed by atoms with Crippen LogP contribution in [0.2, 0.25) is 10.0 Å². The number of thioether (sulfide) groups is 1. The third-order valence-corrected chi connectivity index (χ3v) is 7.48. The van der Waals surface area contributed by atoms with Crippen molar-refractivity contribution in [2.24, 2.45) is 0 Å². The largest absolute Gasteiger partial charge is 0.495 e. The molecule has 0 atom stereocenters. The first-order valence-corrected chi connectivity index (χ1v) is 14.5. The van der Waals surface area contributed by atoms with E-state index in [2.05, 4.69) is 11.9 Å². The van der Waals surface area contributed by atoms with Gasteiger partial charge in [0.25, 0.3) is 11.1 Å². The summed E-state index contributed by atoms with van der Waals surface area (Å²) in [5.41, 5.74) is 2.78. The third-order valence-electron chi connectivity index (χ3n) is 6.02. The Morgan fingerprint density at radius 3 is 2.48 bits per heavy atom. The Balaban J connectivity index is 1.52. The van der Waals surface area contributed by atoms with E-state index in [0.717, 1.165) is 27.8 Å². The summed E-state index contributed by atoms with van der Waals surface area (Å²) in [6, 6.07) is 15.7. The molecule has 1 aliphatic rings. The van der Waals surface area contributed by atoms with Gasteiger partial charge in [-0.2, -0.15) is 0 Å². The van der Waals surface area contributed by atoms with Crippen molar-refractivity contribution in [1.82, 2.24) is 4.90 Å². The van der Waals surface area contributed by atoms with E-state index in [-0.39, 0.29) is 4.91 Å². The molecule has 1 fully saturated rings. The van der Waals surface area contributed by atoms with Crippen LogP contribution in [0.1, 0.15) is 23.6 Å². The second-order valence-electron chi connectivity index (χ2n) is 9.01. The molecule has 1 N–H and O–H groups in total. The van der Waals surface area contributed by atoms with Crippen molar-refractivity contribution < 1.29 is 28.6 Å². The number of hydrogen-bond acceptors (Lipinski definition) is 7. The molecule has 4 rings (SSSR count). The highest BCUT2D eigenvalue weighted by Gasteiger charge is 2.36. The summed E-state index contributed by atoms with van der Waals surface area (Å²) in [5.74, 6) is 0.393. The van der Waals surface area contributed by atoms with Gasteiger partial charge in [0.1, 0.15) is 18.9 Å². The monoisotopic (exact) mass is 626 g/mol. The molecule has 0 unspecified atom stereocenters. The van der Waals surface area contributed by atoms with Crippen LogP contribution < -0.4 is 19.5 Å². The van der Waals surface area contributed by atoms with Crippen LogP contribution >= 0.6 is 35.0 Å². The molecule has 0 bridgehead atoms. The molecule has 3 aromatic rings. The fraction of sp³-hybridized carbons (Fsp3) is 0.194. The molecule has 0 spiro atoms. The van der Waals surface area contributed by atoms with Crippen molar-refractivity contribution >= 4 is 63.8 Å².